The van der Waals surface area contributed by atoms with Gasteiger partial charge in [0.2, 0.25) is 0 Å². The molecule has 0 atom stereocenters. The molecule has 0 saturated heterocycles. The zero-order chi connectivity index (χ0) is 15.6. The summed E-state index contributed by atoms with van der Waals surface area (Å²) >= 11 is 0. The van der Waals surface area contributed by atoms with Crippen molar-refractivity contribution >= 4 is 35.5 Å². The van der Waals surface area contributed by atoms with Crippen LogP contribution in [-0.4, -0.2) is 52.3 Å². The minimum absolute atomic E-state index is 0. The van der Waals surface area contributed by atoms with Crippen LogP contribution in [0.5, 0.6) is 0 Å². The van der Waals surface area contributed by atoms with Crippen LogP contribution in [0.2, 0.25) is 0 Å². The number of rotatable bonds is 17. The monoisotopic (exact) mass is 323 g/mol. The molecule has 0 heterocycles. The number of hydrogen-bond acceptors (Lipinski definition) is 2. The maximum absolute atomic E-state index is 10.3. The number of carboxylic acid groups (broad SMARTS) is 1. The van der Waals surface area contributed by atoms with Gasteiger partial charge in [0.25, 0.3) is 0 Å². The molecule has 4 heteroatoms. The molecule has 0 aromatic rings. The standard InChI is InChI=1S/C18H36O3.Na/c19-17-15-13-11-9-7-5-3-1-2-4-6-8-10-12-14-16-18(20)21;/h19H,1-17H2,(H,20,21);. The molecule has 0 aliphatic heterocycles. The molecule has 0 rings (SSSR count). The van der Waals surface area contributed by atoms with Crippen molar-refractivity contribution in [3.63, 3.8) is 0 Å². The normalized spacial score (nSPS) is 10.4. The van der Waals surface area contributed by atoms with E-state index in [-0.39, 0.29) is 29.6 Å². The fourth-order valence-electron chi connectivity index (χ4n) is 2.69. The molecule has 0 amide bonds. The van der Waals surface area contributed by atoms with E-state index in [4.69, 9.17) is 10.2 Å². The zero-order valence-electron chi connectivity index (χ0n) is 14.8. The summed E-state index contributed by atoms with van der Waals surface area (Å²) in [7, 11) is 0. The number of aliphatic carboxylic acids is 1. The largest absolute Gasteiger partial charge is 0.481 e. The van der Waals surface area contributed by atoms with E-state index < -0.39 is 5.97 Å². The fourth-order valence-corrected chi connectivity index (χ4v) is 2.69. The van der Waals surface area contributed by atoms with Crippen molar-refractivity contribution in [2.24, 2.45) is 0 Å². The summed E-state index contributed by atoms with van der Waals surface area (Å²) in [4.78, 5) is 10.3. The van der Waals surface area contributed by atoms with E-state index in [2.05, 4.69) is 0 Å². The first-order valence-corrected chi connectivity index (χ1v) is 9.10. The average Bonchev–Trinajstić information content (AvgIpc) is 2.46. The van der Waals surface area contributed by atoms with Crippen molar-refractivity contribution in [2.75, 3.05) is 6.61 Å². The Morgan fingerprint density at radius 3 is 1.09 bits per heavy atom. The number of carboxylic acids is 1. The van der Waals surface area contributed by atoms with Crippen LogP contribution < -0.4 is 0 Å². The first-order chi connectivity index (χ1) is 10.3. The summed E-state index contributed by atoms with van der Waals surface area (Å²) in [5.74, 6) is -0.664. The minimum Gasteiger partial charge on any atom is -0.481 e. The van der Waals surface area contributed by atoms with E-state index >= 15 is 0 Å². The van der Waals surface area contributed by atoms with Gasteiger partial charge in [-0.1, -0.05) is 83.5 Å². The molecule has 0 bridgehead atoms. The molecule has 0 fully saturated rings. The topological polar surface area (TPSA) is 57.5 Å². The summed E-state index contributed by atoms with van der Waals surface area (Å²) in [6.07, 6.45) is 19.0. The van der Waals surface area contributed by atoms with Gasteiger partial charge in [0.15, 0.2) is 0 Å². The second kappa shape index (κ2) is 21.4. The zero-order valence-corrected chi connectivity index (χ0v) is 16.8. The maximum atomic E-state index is 10.3. The molecule has 0 aliphatic rings. The number of aliphatic hydroxyl groups is 1. The van der Waals surface area contributed by atoms with Crippen LogP contribution in [0.1, 0.15) is 103 Å². The molecule has 22 heavy (non-hydrogen) atoms. The number of unbranched alkanes of at least 4 members (excludes halogenated alkanes) is 14. The smallest absolute Gasteiger partial charge is 0.303 e. The van der Waals surface area contributed by atoms with Gasteiger partial charge < -0.3 is 10.2 Å². The maximum Gasteiger partial charge on any atom is 0.303 e. The van der Waals surface area contributed by atoms with Gasteiger partial charge in [-0.2, -0.15) is 0 Å². The van der Waals surface area contributed by atoms with Crippen molar-refractivity contribution in [2.45, 2.75) is 103 Å². The summed E-state index contributed by atoms with van der Waals surface area (Å²) in [6.45, 7) is 0.347. The first kappa shape index (κ1) is 24.7. The Labute approximate surface area is 159 Å². The molecule has 0 aromatic carbocycles. The molecular weight excluding hydrogens is 287 g/mol. The molecule has 2 N–H and O–H groups in total. The molecule has 3 nitrogen and oxygen atoms in total. The predicted octanol–water partition coefficient (Wildman–Crippen LogP) is 4.92. The fraction of sp³-hybridized carbons (Fsp3) is 0.944. The van der Waals surface area contributed by atoms with Gasteiger partial charge in [0.05, 0.1) is 0 Å². The van der Waals surface area contributed by atoms with E-state index in [0.717, 1.165) is 19.3 Å². The number of aliphatic hydroxyl groups excluding tert-OH is 1. The van der Waals surface area contributed by atoms with Gasteiger partial charge in [-0.15, -0.1) is 0 Å². The van der Waals surface area contributed by atoms with Gasteiger partial charge in [-0.25, -0.2) is 0 Å². The van der Waals surface area contributed by atoms with Crippen LogP contribution in [0, 0.1) is 0 Å². The van der Waals surface area contributed by atoms with Crippen molar-refractivity contribution in [1.82, 2.24) is 0 Å². The minimum atomic E-state index is -0.664. The van der Waals surface area contributed by atoms with Gasteiger partial charge >= 0.3 is 5.97 Å². The summed E-state index contributed by atoms with van der Waals surface area (Å²) in [6, 6.07) is 0. The Morgan fingerprint density at radius 2 is 0.818 bits per heavy atom. The van der Waals surface area contributed by atoms with Gasteiger partial charge in [0.1, 0.15) is 0 Å². The van der Waals surface area contributed by atoms with Crippen LogP contribution in [0.4, 0.5) is 0 Å². The molecule has 127 valence electrons. The molecule has 0 saturated carbocycles. The third-order valence-corrected chi connectivity index (χ3v) is 4.05. The van der Waals surface area contributed by atoms with Crippen molar-refractivity contribution in [1.29, 1.82) is 0 Å². The van der Waals surface area contributed by atoms with Crippen LogP contribution in [-0.2, 0) is 4.79 Å². The van der Waals surface area contributed by atoms with E-state index in [1.165, 1.54) is 77.0 Å². The summed E-state index contributed by atoms with van der Waals surface area (Å²) < 4.78 is 0. The number of carbonyl (C=O) groups is 1. The molecule has 1 radical (unpaired) electrons. The van der Waals surface area contributed by atoms with E-state index in [0.29, 0.717) is 13.0 Å². The van der Waals surface area contributed by atoms with Crippen LogP contribution in [0.3, 0.4) is 0 Å². The Hall–Kier alpha value is 0.430. The SMILES string of the molecule is O=C(O)CCCCCCCCCCCCCCCCCO.[Na]. The third kappa shape index (κ3) is 22.7. The van der Waals surface area contributed by atoms with Gasteiger partial charge in [-0.05, 0) is 12.8 Å². The van der Waals surface area contributed by atoms with Crippen LogP contribution >= 0.6 is 0 Å². The van der Waals surface area contributed by atoms with Gasteiger partial charge in [0, 0.05) is 42.6 Å². The van der Waals surface area contributed by atoms with E-state index in [1.807, 2.05) is 0 Å². The first-order valence-electron chi connectivity index (χ1n) is 9.10. The molecular formula is C18H36NaO3. The average molecular weight is 323 g/mol. The van der Waals surface area contributed by atoms with Crippen LogP contribution in [0.15, 0.2) is 0 Å². The van der Waals surface area contributed by atoms with Crippen molar-refractivity contribution in [3.05, 3.63) is 0 Å². The Kier molecular flexibility index (Phi) is 24.0. The van der Waals surface area contributed by atoms with Crippen molar-refractivity contribution < 1.29 is 15.0 Å². The molecule has 0 unspecified atom stereocenters. The Morgan fingerprint density at radius 1 is 0.545 bits per heavy atom. The number of hydrogen-bond donors (Lipinski definition) is 2. The Balaban J connectivity index is 0. The third-order valence-electron chi connectivity index (χ3n) is 4.05. The second-order valence-electron chi connectivity index (χ2n) is 6.17. The predicted molar refractivity (Wildman–Crippen MR) is 94.3 cm³/mol. The molecule has 0 aromatic heterocycles. The van der Waals surface area contributed by atoms with Gasteiger partial charge in [-0.3, -0.25) is 4.79 Å². The molecule has 0 aliphatic carbocycles. The van der Waals surface area contributed by atoms with E-state index in [1.54, 1.807) is 0 Å². The second-order valence-corrected chi connectivity index (χ2v) is 6.17. The summed E-state index contributed by atoms with van der Waals surface area (Å²) in [5.41, 5.74) is 0. The summed E-state index contributed by atoms with van der Waals surface area (Å²) in [5, 5.41) is 17.2. The van der Waals surface area contributed by atoms with E-state index in [9.17, 15) is 4.79 Å². The van der Waals surface area contributed by atoms with Crippen molar-refractivity contribution in [3.8, 4) is 0 Å². The van der Waals surface area contributed by atoms with Crippen LogP contribution in [0.25, 0.3) is 0 Å². The molecule has 0 spiro atoms. The Bertz CT molecular complexity index is 222. The quantitative estimate of drug-likeness (QED) is 0.295.